The van der Waals surface area contributed by atoms with E-state index in [2.05, 4.69) is 132 Å². The molecule has 128 heavy (non-hydrogen) atoms. The van der Waals surface area contributed by atoms with Crippen LogP contribution in [0.3, 0.4) is 0 Å². The molecule has 0 bridgehead atoms. The van der Waals surface area contributed by atoms with Gasteiger partial charge in [-0.25, -0.2) is 60.0 Å². The molecule has 5 aliphatic rings. The Bertz CT molecular complexity index is 6300. The summed E-state index contributed by atoms with van der Waals surface area (Å²) in [6.07, 6.45) is 21.4. The molecule has 0 fully saturated rings. The van der Waals surface area contributed by atoms with Gasteiger partial charge in [0.15, 0.2) is 29.1 Å². The standard InChI is InChI=1S/C20H23ClN6.C19H21ClN6.C18H19ClN6.C17H17ClN6.C16H14F3N7/c1-12(2)17-24-20(27-26-17)25-19-14-9-4-3-5-11-16(14)22-18(23-19)13-8-6-7-10-15(13)21;1-2-16-22-19(26-25-16)24-18-13-9-4-3-5-11-15(13)21-17(23-18)12-8-6-7-10-14(12)20;1-11-20-18(25-24-11)23-17-13-8-3-2-4-10-15(13)21-16(22-17)12-7-5-6-9-14(12)19;18-13-8-5-4-6-11(13)15-21-14-9-3-1-2-7-12(14)16(22-15)23-17-19-10-20-24-17;17-16(18,19)11-4-2-1-3-9(11)13-23-12-7-20-6-5-10(12)14(24-13)25-15-21-8-22-26-15/h6-8,10,12H,3-5,9,11H2,1-2H3,(H2,22,23,24,25,26,27);6-8,10H,2-5,9,11H2,1H3,(H2,21,22,23,24,25,26);5-7,9H,2-4,8,10H2,1H3,(H2,20,21,22,23,24,25);4-6,8,10H,1-3,7,9H2,(H2,19,20,21,22,23,24);1-4,8,20H,5-7H2,(H2,21,22,23,24,25,26). The fourth-order valence-electron chi connectivity index (χ4n) is 15.6. The Hall–Kier alpha value is -12.9. The first-order valence-electron chi connectivity index (χ1n) is 43.0. The number of hydrogen-bond donors (Lipinski definition) is 11. The summed E-state index contributed by atoms with van der Waals surface area (Å²) >= 11 is 25.5. The monoisotopic (exact) mass is 1810 g/mol. The third kappa shape index (κ3) is 22.0. The highest BCUT2D eigenvalue weighted by molar-refractivity contribution is 6.34. The molecule has 0 saturated heterocycles. The number of nitrogens with one attached hydrogen (secondary N) is 11. The number of anilines is 10. The number of aromatic nitrogens is 25. The van der Waals surface area contributed by atoms with Gasteiger partial charge in [-0.15, -0.1) is 15.3 Å². The second-order valence-corrected chi connectivity index (χ2v) is 33.1. The average molecular weight is 1810 g/mol. The van der Waals surface area contributed by atoms with Gasteiger partial charge >= 0.3 is 6.18 Å². The van der Waals surface area contributed by atoms with Gasteiger partial charge in [0, 0.05) is 97.3 Å². The molecule has 0 spiro atoms. The molecule has 4 aliphatic carbocycles. The highest BCUT2D eigenvalue weighted by Crippen LogP contribution is 2.41. The predicted molar refractivity (Wildman–Crippen MR) is 489 cm³/mol. The number of fused-ring (bicyclic) bond motifs is 5. The molecule has 10 aromatic heterocycles. The van der Waals surface area contributed by atoms with E-state index >= 15 is 0 Å². The van der Waals surface area contributed by atoms with E-state index in [-0.39, 0.29) is 17.3 Å². The van der Waals surface area contributed by atoms with E-state index in [4.69, 9.17) is 86.3 Å². The topological polar surface area (TPSA) is 409 Å². The van der Waals surface area contributed by atoms with Crippen LogP contribution in [0.15, 0.2) is 134 Å². The van der Waals surface area contributed by atoms with E-state index in [0.29, 0.717) is 97.6 Å². The normalized spacial score (nSPS) is 14.0. The average Bonchev–Trinajstić information content (AvgIpc) is 0.770. The first-order valence-corrected chi connectivity index (χ1v) is 44.6. The third-order valence-electron chi connectivity index (χ3n) is 22.1. The minimum Gasteiger partial charge on any atom is -0.311 e. The zero-order chi connectivity index (χ0) is 88.5. The summed E-state index contributed by atoms with van der Waals surface area (Å²) in [5.41, 5.74) is 13.1. The molecule has 20 rings (SSSR count). The molecule has 15 aromatic rings. The smallest absolute Gasteiger partial charge is 0.311 e. The summed E-state index contributed by atoms with van der Waals surface area (Å²) in [7, 11) is 0. The van der Waals surface area contributed by atoms with Crippen molar-refractivity contribution in [1.82, 2.24) is 131 Å². The van der Waals surface area contributed by atoms with Crippen LogP contribution in [0.5, 0.6) is 0 Å². The Morgan fingerprint density at radius 2 is 0.703 bits per heavy atom. The van der Waals surface area contributed by atoms with Crippen LogP contribution in [0.1, 0.15) is 183 Å². The lowest BCUT2D eigenvalue weighted by molar-refractivity contribution is -0.137. The molecule has 31 nitrogen and oxygen atoms in total. The minimum absolute atomic E-state index is 0.0161. The molecule has 658 valence electrons. The van der Waals surface area contributed by atoms with Crippen molar-refractivity contribution in [3.05, 3.63) is 233 Å². The van der Waals surface area contributed by atoms with Crippen molar-refractivity contribution in [2.24, 2.45) is 0 Å². The van der Waals surface area contributed by atoms with E-state index in [1.807, 2.05) is 111 Å². The zero-order valence-corrected chi connectivity index (χ0v) is 73.9. The number of benzene rings is 5. The van der Waals surface area contributed by atoms with Gasteiger partial charge in [-0.3, -0.25) is 15.3 Å². The van der Waals surface area contributed by atoms with Gasteiger partial charge in [0.2, 0.25) is 29.7 Å². The minimum atomic E-state index is -4.49. The highest BCUT2D eigenvalue weighted by Gasteiger charge is 2.35. The molecule has 0 unspecified atom stereocenters. The number of alkyl halides is 3. The number of halogens is 7. The molecule has 0 amide bonds. The van der Waals surface area contributed by atoms with Crippen LogP contribution < -0.4 is 31.9 Å². The van der Waals surface area contributed by atoms with Gasteiger partial charge in [0.25, 0.3) is 0 Å². The molecule has 11 heterocycles. The lowest BCUT2D eigenvalue weighted by atomic mass is 10.0. The number of hydrogen-bond acceptors (Lipinski definition) is 26. The Kier molecular flexibility index (Phi) is 28.8. The van der Waals surface area contributed by atoms with E-state index in [1.54, 1.807) is 0 Å². The van der Waals surface area contributed by atoms with Gasteiger partial charge in [-0.05, 0) is 177 Å². The first kappa shape index (κ1) is 88.5. The van der Waals surface area contributed by atoms with Crippen LogP contribution in [-0.4, -0.2) is 132 Å². The summed E-state index contributed by atoms with van der Waals surface area (Å²) in [5, 5.41) is 56.5. The zero-order valence-electron chi connectivity index (χ0n) is 70.8. The summed E-state index contributed by atoms with van der Waals surface area (Å²) in [4.78, 5) is 68.6. The quantitative estimate of drug-likeness (QED) is 0.0377. The molecule has 0 saturated carbocycles. The maximum Gasteiger partial charge on any atom is 0.417 e. The van der Waals surface area contributed by atoms with Gasteiger partial charge in [0.05, 0.1) is 31.3 Å². The first-order chi connectivity index (χ1) is 62.4. The fourth-order valence-corrected chi connectivity index (χ4v) is 16.5. The number of nitrogens with zero attached hydrogens (tertiary/aromatic N) is 20. The molecule has 5 aromatic carbocycles. The fraction of sp³-hybridized carbons (Fsp3) is 0.333. The lowest BCUT2D eigenvalue weighted by Crippen LogP contribution is -2.26. The molecule has 0 radical (unpaired) electrons. The van der Waals surface area contributed by atoms with Crippen LogP contribution >= 0.6 is 46.4 Å². The van der Waals surface area contributed by atoms with E-state index in [9.17, 15) is 13.2 Å². The van der Waals surface area contributed by atoms with Gasteiger partial charge < -0.3 is 31.9 Å². The van der Waals surface area contributed by atoms with Gasteiger partial charge in [0.1, 0.15) is 59.2 Å². The van der Waals surface area contributed by atoms with Crippen LogP contribution in [-0.2, 0) is 76.9 Å². The molecule has 38 heteroatoms. The van der Waals surface area contributed by atoms with Crippen LogP contribution in [0.2, 0.25) is 20.1 Å². The van der Waals surface area contributed by atoms with E-state index in [1.165, 1.54) is 73.2 Å². The Morgan fingerprint density at radius 1 is 0.359 bits per heavy atom. The molecule has 0 atom stereocenters. The lowest BCUT2D eigenvalue weighted by Gasteiger charge is -2.21. The third-order valence-corrected chi connectivity index (χ3v) is 23.4. The Balaban J connectivity index is 0.000000118. The van der Waals surface area contributed by atoms with Crippen LogP contribution in [0.4, 0.5) is 72.0 Å². The number of H-pyrrole nitrogens is 5. The van der Waals surface area contributed by atoms with Crippen molar-refractivity contribution in [3.63, 3.8) is 0 Å². The number of aromatic amines is 5. The maximum absolute atomic E-state index is 13.4. The maximum atomic E-state index is 13.4. The molecule has 11 N–H and O–H groups in total. The summed E-state index contributed by atoms with van der Waals surface area (Å²) < 4.78 is 40.1. The predicted octanol–water partition coefficient (Wildman–Crippen LogP) is 20.4. The second kappa shape index (κ2) is 41.7. The van der Waals surface area contributed by atoms with Crippen molar-refractivity contribution >= 4 is 105 Å². The Labute approximate surface area is 755 Å². The number of rotatable bonds is 17. The van der Waals surface area contributed by atoms with Crippen LogP contribution in [0.25, 0.3) is 56.9 Å². The van der Waals surface area contributed by atoms with Gasteiger partial charge in [-0.1, -0.05) is 160 Å². The van der Waals surface area contributed by atoms with Crippen molar-refractivity contribution < 1.29 is 13.2 Å². The Morgan fingerprint density at radius 3 is 1.06 bits per heavy atom. The molecule has 1 aliphatic heterocycles. The van der Waals surface area contributed by atoms with E-state index in [0.717, 1.165) is 219 Å². The van der Waals surface area contributed by atoms with Crippen molar-refractivity contribution in [2.45, 2.75) is 188 Å². The SMILES string of the molecule is CC(C)c1nc(Nc2nc(-c3ccccc3Cl)nc3c2CCCCC3)n[nH]1.CCc1nc(Nc2nc(-c3ccccc3Cl)nc3c2CCCCC3)n[nH]1.Cc1nc(Nc2nc(-c3ccccc3Cl)nc3c2CCCCC3)n[nH]1.Clc1ccccc1-c1nc2c(c(Nc3ncn[nH]3)n1)CCCCC2.FC(F)(F)c1ccccc1-c1nc2c(c(Nc3ncn[nH]3)n1)CCNC2. The molecular weight excluding hydrogens is 1710 g/mol. The van der Waals surface area contributed by atoms with Crippen molar-refractivity contribution in [1.29, 1.82) is 0 Å². The van der Waals surface area contributed by atoms with Gasteiger partial charge in [-0.2, -0.15) is 48.3 Å². The summed E-state index contributed by atoms with van der Waals surface area (Å²) in [6, 6.07) is 36.0. The largest absolute Gasteiger partial charge is 0.417 e. The molecular formula is C90H94Cl4F3N31. The summed E-state index contributed by atoms with van der Waals surface area (Å²) in [6.45, 7) is 9.27. The van der Waals surface area contributed by atoms with Crippen molar-refractivity contribution in [2.75, 3.05) is 33.1 Å². The van der Waals surface area contributed by atoms with E-state index < -0.39 is 11.7 Å². The number of aryl methyl sites for hydroxylation is 6. The second-order valence-electron chi connectivity index (χ2n) is 31.4. The van der Waals surface area contributed by atoms with Crippen molar-refractivity contribution in [3.8, 4) is 56.9 Å². The summed E-state index contributed by atoms with van der Waals surface area (Å²) in [5.74, 6) is 11.4. The highest BCUT2D eigenvalue weighted by atomic mass is 35.5. The van der Waals surface area contributed by atoms with Crippen LogP contribution in [0, 0.1) is 6.92 Å².